The molecule has 7 rings (SSSR count). The standard InChI is InChI=1S/C32H27ClF2N8O2/c33-22-3-1-21(25(35)12-22)18-45-29-11-20(2-4-24(29)34)19-5-8-42(9-6-19)17-31-38-26-13-27(32-39-30(14-36)40-41-32)37-15-28(26)43(31)16-23-7-10-44-23/h1-5,11-13,15,23H,6-10,16-18H2,(H,39,40,41)/t23-/m0/s1. The zero-order valence-electron chi connectivity index (χ0n) is 24.0. The monoisotopic (exact) mass is 628 g/mol. The SMILES string of the molecule is N#Cc1n[nH]c(-c2cc3nc(CN4CC=C(c5ccc(F)c(OCc6ccc(Cl)cc6F)c5)CC4)n(C[C@@H]4CCO4)c3cn2)n1. The zero-order chi connectivity index (χ0) is 30.9. The molecule has 2 aliphatic heterocycles. The number of aromatic amines is 1. The van der Waals surface area contributed by atoms with Gasteiger partial charge in [-0.2, -0.15) is 10.2 Å². The number of hydrogen-bond acceptors (Lipinski definition) is 8. The Balaban J connectivity index is 1.07. The molecule has 0 aliphatic carbocycles. The van der Waals surface area contributed by atoms with E-state index in [1.807, 2.05) is 12.1 Å². The Morgan fingerprint density at radius 1 is 1.13 bits per heavy atom. The molecule has 1 fully saturated rings. The van der Waals surface area contributed by atoms with Crippen molar-refractivity contribution in [3.8, 4) is 23.3 Å². The Bertz CT molecular complexity index is 1960. The molecule has 2 aromatic carbocycles. The summed E-state index contributed by atoms with van der Waals surface area (Å²) in [5.41, 5.74) is 4.47. The van der Waals surface area contributed by atoms with E-state index in [0.29, 0.717) is 36.7 Å². The number of benzene rings is 2. The second kappa shape index (κ2) is 12.4. The summed E-state index contributed by atoms with van der Waals surface area (Å²) in [6, 6.07) is 12.9. The van der Waals surface area contributed by atoms with Gasteiger partial charge in [0.05, 0.1) is 36.4 Å². The Morgan fingerprint density at radius 2 is 2.02 bits per heavy atom. The lowest BCUT2D eigenvalue weighted by Gasteiger charge is -2.29. The summed E-state index contributed by atoms with van der Waals surface area (Å²) in [6.45, 7) is 3.40. The fourth-order valence-electron chi connectivity index (χ4n) is 5.51. The van der Waals surface area contributed by atoms with Crippen LogP contribution in [0.3, 0.4) is 0 Å². The summed E-state index contributed by atoms with van der Waals surface area (Å²) < 4.78 is 42.3. The summed E-state index contributed by atoms with van der Waals surface area (Å²) in [4.78, 5) is 16.0. The first-order valence-electron chi connectivity index (χ1n) is 14.5. The van der Waals surface area contributed by atoms with Crippen molar-refractivity contribution in [2.75, 3.05) is 19.7 Å². The van der Waals surface area contributed by atoms with Crippen molar-refractivity contribution < 1.29 is 18.3 Å². The number of nitriles is 1. The normalized spacial score (nSPS) is 16.8. The molecule has 10 nitrogen and oxygen atoms in total. The maximum atomic E-state index is 14.6. The number of halogens is 3. The number of imidazole rings is 1. The van der Waals surface area contributed by atoms with Crippen LogP contribution in [-0.4, -0.2) is 60.4 Å². The van der Waals surface area contributed by atoms with Crippen LogP contribution in [-0.2, 0) is 24.4 Å². The molecule has 0 spiro atoms. The van der Waals surface area contributed by atoms with E-state index in [2.05, 4.69) is 35.7 Å². The van der Waals surface area contributed by atoms with Crippen LogP contribution < -0.4 is 4.74 Å². The number of aromatic nitrogens is 6. The summed E-state index contributed by atoms with van der Waals surface area (Å²) in [5, 5.41) is 16.0. The third-order valence-corrected chi connectivity index (χ3v) is 8.31. The first-order chi connectivity index (χ1) is 21.9. The Kier molecular flexibility index (Phi) is 7.97. The number of pyridine rings is 1. The van der Waals surface area contributed by atoms with Gasteiger partial charge in [-0.05, 0) is 54.3 Å². The van der Waals surface area contributed by atoms with Crippen molar-refractivity contribution >= 4 is 28.2 Å². The van der Waals surface area contributed by atoms with Gasteiger partial charge in [-0.25, -0.2) is 13.8 Å². The Morgan fingerprint density at radius 3 is 2.76 bits per heavy atom. The van der Waals surface area contributed by atoms with Gasteiger partial charge >= 0.3 is 0 Å². The van der Waals surface area contributed by atoms with Crippen LogP contribution in [0.2, 0.25) is 5.02 Å². The highest BCUT2D eigenvalue weighted by Gasteiger charge is 2.24. The van der Waals surface area contributed by atoms with E-state index < -0.39 is 11.6 Å². The van der Waals surface area contributed by atoms with Crippen LogP contribution in [0.1, 0.15) is 35.6 Å². The van der Waals surface area contributed by atoms with Crippen LogP contribution in [0, 0.1) is 23.0 Å². The summed E-state index contributed by atoms with van der Waals surface area (Å²) >= 11 is 5.83. The lowest BCUT2D eigenvalue weighted by molar-refractivity contribution is -0.0591. The molecule has 5 heterocycles. The molecule has 2 aliphatic rings. The molecule has 1 saturated heterocycles. The topological polar surface area (TPSA) is 118 Å². The van der Waals surface area contributed by atoms with Gasteiger partial charge in [-0.1, -0.05) is 29.8 Å². The van der Waals surface area contributed by atoms with Crippen LogP contribution >= 0.6 is 11.6 Å². The molecule has 1 N–H and O–H groups in total. The molecule has 0 unspecified atom stereocenters. The number of nitrogens with zero attached hydrogens (tertiary/aromatic N) is 7. The van der Waals surface area contributed by atoms with Crippen molar-refractivity contribution in [2.45, 2.75) is 38.6 Å². The zero-order valence-corrected chi connectivity index (χ0v) is 24.8. The van der Waals surface area contributed by atoms with Crippen molar-refractivity contribution in [3.63, 3.8) is 0 Å². The average Bonchev–Trinajstić information content (AvgIpc) is 3.64. The lowest BCUT2D eigenvalue weighted by atomic mass is 9.99. The molecule has 0 radical (unpaired) electrons. The molecule has 3 aromatic heterocycles. The van der Waals surface area contributed by atoms with E-state index in [0.717, 1.165) is 54.0 Å². The number of ether oxygens (including phenoxy) is 2. The van der Waals surface area contributed by atoms with Crippen LogP contribution in [0.4, 0.5) is 8.78 Å². The van der Waals surface area contributed by atoms with Crippen molar-refractivity contribution in [1.82, 2.24) is 34.6 Å². The highest BCUT2D eigenvalue weighted by molar-refractivity contribution is 6.30. The van der Waals surface area contributed by atoms with Crippen LogP contribution in [0.25, 0.3) is 28.1 Å². The molecular weight excluding hydrogens is 602 g/mol. The molecule has 5 aromatic rings. The maximum absolute atomic E-state index is 14.6. The predicted octanol–water partition coefficient (Wildman–Crippen LogP) is 5.68. The molecule has 0 bridgehead atoms. The summed E-state index contributed by atoms with van der Waals surface area (Å²) in [5.74, 6) is 0.427. The number of fused-ring (bicyclic) bond motifs is 1. The van der Waals surface area contributed by atoms with E-state index in [1.165, 1.54) is 18.2 Å². The highest BCUT2D eigenvalue weighted by atomic mass is 35.5. The van der Waals surface area contributed by atoms with Crippen molar-refractivity contribution in [3.05, 3.63) is 94.2 Å². The second-order valence-corrected chi connectivity index (χ2v) is 11.4. The number of H-pyrrole nitrogens is 1. The van der Waals surface area contributed by atoms with Gasteiger partial charge in [-0.3, -0.25) is 15.0 Å². The molecule has 0 amide bonds. The van der Waals surface area contributed by atoms with Gasteiger partial charge in [0, 0.05) is 30.3 Å². The quantitative estimate of drug-likeness (QED) is 0.222. The van der Waals surface area contributed by atoms with Crippen molar-refractivity contribution in [1.29, 1.82) is 5.26 Å². The van der Waals surface area contributed by atoms with E-state index >= 15 is 0 Å². The fraction of sp³-hybridized carbons (Fsp3) is 0.281. The smallest absolute Gasteiger partial charge is 0.252 e. The minimum absolute atomic E-state index is 0.0514. The molecule has 13 heteroatoms. The Labute approximate surface area is 261 Å². The van der Waals surface area contributed by atoms with E-state index in [9.17, 15) is 8.78 Å². The van der Waals surface area contributed by atoms with Crippen LogP contribution in [0.5, 0.6) is 5.75 Å². The molecule has 1 atom stereocenters. The van der Waals surface area contributed by atoms with E-state index in [1.54, 1.807) is 24.4 Å². The molecule has 228 valence electrons. The summed E-state index contributed by atoms with van der Waals surface area (Å²) in [7, 11) is 0. The third kappa shape index (κ3) is 6.15. The lowest BCUT2D eigenvalue weighted by Crippen LogP contribution is -2.33. The molecule has 45 heavy (non-hydrogen) atoms. The van der Waals surface area contributed by atoms with Gasteiger partial charge in [0.25, 0.3) is 5.82 Å². The average molecular weight is 629 g/mol. The van der Waals surface area contributed by atoms with Crippen LogP contribution in [0.15, 0.2) is 54.7 Å². The van der Waals surface area contributed by atoms with Gasteiger partial charge in [-0.15, -0.1) is 5.10 Å². The largest absolute Gasteiger partial charge is 0.486 e. The van der Waals surface area contributed by atoms with E-state index in [4.69, 9.17) is 31.3 Å². The minimum Gasteiger partial charge on any atom is -0.486 e. The maximum Gasteiger partial charge on any atom is 0.252 e. The molecule has 0 saturated carbocycles. The second-order valence-electron chi connectivity index (χ2n) is 11.0. The number of nitrogens with one attached hydrogen (secondary N) is 1. The number of rotatable bonds is 9. The van der Waals surface area contributed by atoms with Gasteiger partial charge in [0.1, 0.15) is 30.0 Å². The van der Waals surface area contributed by atoms with Crippen molar-refractivity contribution in [2.24, 2.45) is 0 Å². The first kappa shape index (κ1) is 29.0. The minimum atomic E-state index is -0.507. The summed E-state index contributed by atoms with van der Waals surface area (Å²) in [6.07, 6.45) is 5.79. The fourth-order valence-corrected chi connectivity index (χ4v) is 5.67. The highest BCUT2D eigenvalue weighted by Crippen LogP contribution is 2.30. The predicted molar refractivity (Wildman–Crippen MR) is 162 cm³/mol. The van der Waals surface area contributed by atoms with Gasteiger partial charge in [0.2, 0.25) is 0 Å². The van der Waals surface area contributed by atoms with E-state index in [-0.39, 0.29) is 29.3 Å². The van der Waals surface area contributed by atoms with Gasteiger partial charge < -0.3 is 14.0 Å². The van der Waals surface area contributed by atoms with Gasteiger partial charge in [0.15, 0.2) is 17.4 Å². The third-order valence-electron chi connectivity index (χ3n) is 8.08. The first-order valence-corrected chi connectivity index (χ1v) is 14.9. The molecular formula is C32H27ClF2N8O2. The number of hydrogen-bond donors (Lipinski definition) is 1. The Hall–Kier alpha value is -4.70.